The number of ether oxygens (including phenoxy) is 3. The van der Waals surface area contributed by atoms with Crippen LogP contribution >= 0.6 is 11.8 Å². The van der Waals surface area contributed by atoms with E-state index < -0.39 is 5.97 Å². The molecule has 0 saturated heterocycles. The van der Waals surface area contributed by atoms with E-state index in [1.807, 2.05) is 23.7 Å². The second-order valence-electron chi connectivity index (χ2n) is 6.76. The highest BCUT2D eigenvalue weighted by atomic mass is 32.2. The van der Waals surface area contributed by atoms with E-state index in [9.17, 15) is 9.59 Å². The van der Waals surface area contributed by atoms with Gasteiger partial charge in [-0.3, -0.25) is 9.59 Å². The molecule has 0 aliphatic carbocycles. The van der Waals surface area contributed by atoms with Gasteiger partial charge < -0.3 is 18.8 Å². The van der Waals surface area contributed by atoms with Crippen molar-refractivity contribution in [1.29, 1.82) is 0 Å². The highest BCUT2D eigenvalue weighted by molar-refractivity contribution is 7.98. The monoisotopic (exact) mass is 469 g/mol. The van der Waals surface area contributed by atoms with Crippen LogP contribution in [0.1, 0.15) is 28.4 Å². The number of rotatable bonds is 9. The zero-order chi connectivity index (χ0) is 23.8. The predicted octanol–water partition coefficient (Wildman–Crippen LogP) is 2.81. The van der Waals surface area contributed by atoms with E-state index in [0.717, 1.165) is 10.7 Å². The third kappa shape index (κ3) is 6.32. The lowest BCUT2D eigenvalue weighted by Gasteiger charge is -2.13. The van der Waals surface area contributed by atoms with Crippen LogP contribution in [0.15, 0.2) is 53.0 Å². The zero-order valence-corrected chi connectivity index (χ0v) is 19.4. The molecule has 0 aliphatic rings. The van der Waals surface area contributed by atoms with Crippen molar-refractivity contribution in [3.8, 4) is 17.2 Å². The van der Waals surface area contributed by atoms with Gasteiger partial charge in [-0.2, -0.15) is 5.10 Å². The van der Waals surface area contributed by atoms with E-state index in [1.54, 1.807) is 42.4 Å². The van der Waals surface area contributed by atoms with Crippen LogP contribution in [0.4, 0.5) is 0 Å². The molecule has 33 heavy (non-hydrogen) atoms. The first-order valence-corrected chi connectivity index (χ1v) is 10.7. The lowest BCUT2D eigenvalue weighted by molar-refractivity contribution is -0.132. The largest absolute Gasteiger partial charge is 0.493 e. The molecule has 1 aromatic heterocycles. The van der Waals surface area contributed by atoms with E-state index in [0.29, 0.717) is 28.4 Å². The molecule has 1 amide bonds. The van der Waals surface area contributed by atoms with Gasteiger partial charge in [0, 0.05) is 30.9 Å². The fourth-order valence-corrected chi connectivity index (χ4v) is 3.60. The van der Waals surface area contributed by atoms with Crippen LogP contribution in [0.5, 0.6) is 17.2 Å². The topological polar surface area (TPSA) is 117 Å². The van der Waals surface area contributed by atoms with E-state index >= 15 is 0 Å². The molecule has 0 saturated carbocycles. The Morgan fingerprint density at radius 2 is 1.82 bits per heavy atom. The average Bonchev–Trinajstić information content (AvgIpc) is 3.22. The van der Waals surface area contributed by atoms with Gasteiger partial charge in [0.2, 0.25) is 5.75 Å². The molecule has 1 N–H and O–H groups in total. The first-order valence-electron chi connectivity index (χ1n) is 9.74. The maximum absolute atomic E-state index is 12.4. The van der Waals surface area contributed by atoms with Crippen molar-refractivity contribution in [2.24, 2.45) is 12.1 Å². The quantitative estimate of drug-likeness (QED) is 0.167. The number of hydrogen-bond donors (Lipinski definition) is 1. The first kappa shape index (κ1) is 23.8. The van der Waals surface area contributed by atoms with Gasteiger partial charge >= 0.3 is 5.97 Å². The number of nitrogens with zero attached hydrogens (tertiary/aromatic N) is 4. The van der Waals surface area contributed by atoms with Gasteiger partial charge in [-0.25, -0.2) is 5.43 Å². The molecule has 3 aromatic rings. The molecule has 0 radical (unpaired) electrons. The molecule has 172 valence electrons. The van der Waals surface area contributed by atoms with Crippen molar-refractivity contribution in [2.45, 2.75) is 17.8 Å². The fraction of sp³-hybridized carbons (Fsp3) is 0.227. The van der Waals surface area contributed by atoms with Gasteiger partial charge in [-0.1, -0.05) is 23.9 Å². The maximum atomic E-state index is 12.4. The molecule has 11 heteroatoms. The maximum Gasteiger partial charge on any atom is 0.308 e. The number of carbonyl (C=O) groups excluding carboxylic acids is 2. The molecule has 10 nitrogen and oxygen atoms in total. The molecule has 0 unspecified atom stereocenters. The van der Waals surface area contributed by atoms with E-state index in [1.165, 1.54) is 27.4 Å². The van der Waals surface area contributed by atoms with E-state index in [-0.39, 0.29) is 11.7 Å². The van der Waals surface area contributed by atoms with Crippen molar-refractivity contribution in [3.63, 3.8) is 0 Å². The van der Waals surface area contributed by atoms with Crippen LogP contribution in [0, 0.1) is 0 Å². The summed E-state index contributed by atoms with van der Waals surface area (Å²) in [5.74, 6) is 0.623. The van der Waals surface area contributed by atoms with Crippen molar-refractivity contribution < 1.29 is 23.8 Å². The van der Waals surface area contributed by atoms with Crippen molar-refractivity contribution in [1.82, 2.24) is 20.2 Å². The molecule has 2 aromatic carbocycles. The van der Waals surface area contributed by atoms with Gasteiger partial charge in [0.15, 0.2) is 16.7 Å². The summed E-state index contributed by atoms with van der Waals surface area (Å²) in [6, 6.07) is 10.5. The summed E-state index contributed by atoms with van der Waals surface area (Å²) in [5.41, 5.74) is 4.59. The third-order valence-electron chi connectivity index (χ3n) is 4.36. The highest BCUT2D eigenvalue weighted by Gasteiger charge is 2.15. The minimum Gasteiger partial charge on any atom is -0.493 e. The van der Waals surface area contributed by atoms with Crippen LogP contribution in [-0.2, 0) is 17.6 Å². The summed E-state index contributed by atoms with van der Waals surface area (Å²) in [5, 5.41) is 12.7. The normalized spacial score (nSPS) is 10.8. The summed E-state index contributed by atoms with van der Waals surface area (Å²) < 4.78 is 17.5. The second kappa shape index (κ2) is 11.1. The number of aryl methyl sites for hydroxylation is 1. The van der Waals surface area contributed by atoms with Crippen LogP contribution in [0.2, 0.25) is 0 Å². The number of thioether (sulfide) groups is 1. The predicted molar refractivity (Wildman–Crippen MR) is 123 cm³/mol. The summed E-state index contributed by atoms with van der Waals surface area (Å²) in [6.07, 6.45) is 3.09. The Morgan fingerprint density at radius 1 is 1.15 bits per heavy atom. The number of carbonyl (C=O) groups is 2. The molecule has 0 bridgehead atoms. The van der Waals surface area contributed by atoms with Crippen LogP contribution < -0.4 is 19.6 Å². The van der Waals surface area contributed by atoms with E-state index in [4.69, 9.17) is 14.2 Å². The number of esters is 1. The van der Waals surface area contributed by atoms with Crippen LogP contribution in [0.25, 0.3) is 0 Å². The fourth-order valence-electron chi connectivity index (χ4n) is 2.75. The number of hydrogen-bond acceptors (Lipinski definition) is 9. The summed E-state index contributed by atoms with van der Waals surface area (Å²) in [4.78, 5) is 23.7. The lowest BCUT2D eigenvalue weighted by Crippen LogP contribution is -2.17. The summed E-state index contributed by atoms with van der Waals surface area (Å²) in [6.45, 7) is 1.28. The Kier molecular flexibility index (Phi) is 8.03. The molecule has 3 rings (SSSR count). The summed E-state index contributed by atoms with van der Waals surface area (Å²) in [7, 11) is 4.77. The Balaban J connectivity index is 1.62. The van der Waals surface area contributed by atoms with Gasteiger partial charge in [-0.05, 0) is 29.8 Å². The van der Waals surface area contributed by atoms with Crippen LogP contribution in [0.3, 0.4) is 0 Å². The number of hydrazone groups is 1. The van der Waals surface area contributed by atoms with Crippen molar-refractivity contribution in [3.05, 3.63) is 59.4 Å². The highest BCUT2D eigenvalue weighted by Crippen LogP contribution is 2.38. The molecule has 0 aliphatic heterocycles. The zero-order valence-electron chi connectivity index (χ0n) is 18.6. The number of amides is 1. The third-order valence-corrected chi connectivity index (χ3v) is 5.47. The van der Waals surface area contributed by atoms with Crippen molar-refractivity contribution in [2.75, 3.05) is 14.2 Å². The number of benzene rings is 2. The van der Waals surface area contributed by atoms with Gasteiger partial charge in [0.05, 0.1) is 20.4 Å². The molecule has 1 heterocycles. The number of methoxy groups -OCH3 is 2. The van der Waals surface area contributed by atoms with Gasteiger partial charge in [-0.15, -0.1) is 10.2 Å². The van der Waals surface area contributed by atoms with Gasteiger partial charge in [0.1, 0.15) is 6.33 Å². The SMILES string of the molecule is COc1cc(/C=N/NC(=O)c2ccc(CSc3nncn3C)cc2)cc(OC)c1OC(C)=O. The number of aromatic nitrogens is 3. The minimum absolute atomic E-state index is 0.172. The Morgan fingerprint density at radius 3 is 2.36 bits per heavy atom. The molecule has 0 fully saturated rings. The lowest BCUT2D eigenvalue weighted by atomic mass is 10.1. The second-order valence-corrected chi connectivity index (χ2v) is 7.70. The molecular weight excluding hydrogens is 446 g/mol. The number of nitrogens with one attached hydrogen (secondary N) is 1. The summed E-state index contributed by atoms with van der Waals surface area (Å²) >= 11 is 1.56. The van der Waals surface area contributed by atoms with E-state index in [2.05, 4.69) is 20.7 Å². The van der Waals surface area contributed by atoms with Crippen LogP contribution in [-0.4, -0.2) is 47.1 Å². The first-order chi connectivity index (χ1) is 15.9. The molecule has 0 atom stereocenters. The standard InChI is InChI=1S/C22H23N5O5S/c1-14(28)32-20-18(30-3)9-16(10-19(20)31-4)11-23-25-21(29)17-7-5-15(6-8-17)12-33-22-26-24-13-27(22)2/h5-11,13H,12H2,1-4H3,(H,25,29)/b23-11+. The Labute approximate surface area is 194 Å². The minimum atomic E-state index is -0.501. The molecular formula is C22H23N5O5S. The van der Waals surface area contributed by atoms with Gasteiger partial charge in [0.25, 0.3) is 5.91 Å². The van der Waals surface area contributed by atoms with Crippen molar-refractivity contribution >= 4 is 29.9 Å². The Hall–Kier alpha value is -3.86. The Bertz CT molecular complexity index is 1140. The smallest absolute Gasteiger partial charge is 0.308 e. The average molecular weight is 470 g/mol. The molecule has 0 spiro atoms.